The van der Waals surface area contributed by atoms with Gasteiger partial charge in [0.15, 0.2) is 0 Å². The summed E-state index contributed by atoms with van der Waals surface area (Å²) < 4.78 is 15.3. The van der Waals surface area contributed by atoms with Crippen LogP contribution in [0.4, 0.5) is 4.39 Å². The Balaban J connectivity index is 2.10. The number of aliphatic hydroxyl groups is 1. The predicted molar refractivity (Wildman–Crippen MR) is 70.7 cm³/mol. The first-order valence-electron chi connectivity index (χ1n) is 5.74. The van der Waals surface area contributed by atoms with E-state index in [1.165, 1.54) is 6.07 Å². The van der Waals surface area contributed by atoms with E-state index in [9.17, 15) is 9.50 Å². The molecule has 0 aliphatic carbocycles. The van der Waals surface area contributed by atoms with Crippen molar-refractivity contribution in [2.24, 2.45) is 0 Å². The second kappa shape index (κ2) is 5.63. The molecule has 0 bridgehead atoms. The van der Waals surface area contributed by atoms with Crippen LogP contribution in [-0.2, 0) is 13.0 Å². The Morgan fingerprint density at radius 1 is 1.50 bits per heavy atom. The van der Waals surface area contributed by atoms with Crippen LogP contribution in [0.5, 0.6) is 0 Å². The van der Waals surface area contributed by atoms with Crippen LogP contribution in [0.2, 0.25) is 0 Å². The van der Waals surface area contributed by atoms with Crippen molar-refractivity contribution in [3.05, 3.63) is 52.0 Å². The molecule has 0 spiro atoms. The fraction of sp³-hybridized carbons (Fsp3) is 0.308. The lowest BCUT2D eigenvalue weighted by Gasteiger charge is -2.09. The van der Waals surface area contributed by atoms with E-state index in [1.807, 2.05) is 13.1 Å². The van der Waals surface area contributed by atoms with Gasteiger partial charge in [-0.25, -0.2) is 4.39 Å². The third-order valence-corrected chi connectivity index (χ3v) is 3.38. The number of hydrogen-bond donors (Lipinski definition) is 1. The van der Waals surface area contributed by atoms with E-state index < -0.39 is 6.10 Å². The Labute approximate surface area is 113 Å². The molecule has 0 fully saturated rings. The molecule has 0 saturated carbocycles. The average Bonchev–Trinajstić information content (AvgIpc) is 2.82. The highest BCUT2D eigenvalue weighted by molar-refractivity contribution is 9.10. The Bertz CT molecular complexity index is 542. The molecule has 1 unspecified atom stereocenters. The number of aromatic nitrogens is 2. The molecule has 1 N–H and O–H groups in total. The molecule has 1 heterocycles. The number of aliphatic hydroxyl groups excluding tert-OH is 1. The van der Waals surface area contributed by atoms with E-state index in [4.69, 9.17) is 0 Å². The second-order valence-corrected chi connectivity index (χ2v) is 4.95. The Kier molecular flexibility index (Phi) is 4.14. The SMILES string of the molecule is CCn1cc(C(O)Cc2ccc(F)c(Br)c2)cn1. The van der Waals surface area contributed by atoms with Crippen LogP contribution in [0.25, 0.3) is 0 Å². The van der Waals surface area contributed by atoms with Crippen LogP contribution < -0.4 is 0 Å². The first-order chi connectivity index (χ1) is 8.60. The van der Waals surface area contributed by atoms with Gasteiger partial charge in [0.05, 0.1) is 16.8 Å². The summed E-state index contributed by atoms with van der Waals surface area (Å²) in [4.78, 5) is 0. The first-order valence-corrected chi connectivity index (χ1v) is 6.53. The van der Waals surface area contributed by atoms with Crippen molar-refractivity contribution in [2.75, 3.05) is 0 Å². The van der Waals surface area contributed by atoms with Gasteiger partial charge in [0.1, 0.15) is 5.82 Å². The maximum Gasteiger partial charge on any atom is 0.137 e. The van der Waals surface area contributed by atoms with Gasteiger partial charge in [-0.2, -0.15) is 5.10 Å². The highest BCUT2D eigenvalue weighted by Gasteiger charge is 2.11. The first kappa shape index (κ1) is 13.2. The summed E-state index contributed by atoms with van der Waals surface area (Å²) in [6.07, 6.45) is 3.30. The van der Waals surface area contributed by atoms with Crippen LogP contribution in [0.3, 0.4) is 0 Å². The normalized spacial score (nSPS) is 12.7. The lowest BCUT2D eigenvalue weighted by molar-refractivity contribution is 0.178. The number of nitrogens with zero attached hydrogens (tertiary/aromatic N) is 2. The molecule has 2 rings (SSSR count). The zero-order valence-electron chi connectivity index (χ0n) is 9.98. The molecule has 5 heteroatoms. The molecular weight excluding hydrogens is 299 g/mol. The van der Waals surface area contributed by atoms with Crippen molar-refractivity contribution < 1.29 is 9.50 Å². The van der Waals surface area contributed by atoms with Gasteiger partial charge < -0.3 is 5.11 Å². The Morgan fingerprint density at radius 3 is 2.89 bits per heavy atom. The van der Waals surface area contributed by atoms with Crippen LogP contribution in [0, 0.1) is 5.82 Å². The van der Waals surface area contributed by atoms with Crippen LogP contribution in [0.15, 0.2) is 35.1 Å². The number of benzene rings is 1. The van der Waals surface area contributed by atoms with E-state index >= 15 is 0 Å². The number of rotatable bonds is 4. The zero-order valence-corrected chi connectivity index (χ0v) is 11.6. The minimum Gasteiger partial charge on any atom is -0.388 e. The fourth-order valence-electron chi connectivity index (χ4n) is 1.73. The van der Waals surface area contributed by atoms with E-state index in [0.29, 0.717) is 10.9 Å². The molecule has 0 amide bonds. The van der Waals surface area contributed by atoms with Crippen molar-refractivity contribution >= 4 is 15.9 Å². The number of aryl methyl sites for hydroxylation is 1. The third kappa shape index (κ3) is 2.97. The molecule has 1 atom stereocenters. The topological polar surface area (TPSA) is 38.0 Å². The van der Waals surface area contributed by atoms with Crippen LogP contribution >= 0.6 is 15.9 Å². The molecule has 3 nitrogen and oxygen atoms in total. The van der Waals surface area contributed by atoms with Gasteiger partial charge in [-0.3, -0.25) is 4.68 Å². The number of halogens is 2. The lowest BCUT2D eigenvalue weighted by Crippen LogP contribution is -2.01. The summed E-state index contributed by atoms with van der Waals surface area (Å²) in [6, 6.07) is 4.75. The smallest absolute Gasteiger partial charge is 0.137 e. The predicted octanol–water partition coefficient (Wildman–Crippen LogP) is 3.08. The lowest BCUT2D eigenvalue weighted by atomic mass is 10.0. The molecule has 1 aromatic heterocycles. The Morgan fingerprint density at radius 2 is 2.28 bits per heavy atom. The quantitative estimate of drug-likeness (QED) is 0.942. The minimum absolute atomic E-state index is 0.299. The van der Waals surface area contributed by atoms with Crippen molar-refractivity contribution in [3.8, 4) is 0 Å². The van der Waals surface area contributed by atoms with Crippen molar-refractivity contribution in [1.29, 1.82) is 0 Å². The zero-order chi connectivity index (χ0) is 13.1. The van der Waals surface area contributed by atoms with Crippen LogP contribution in [0.1, 0.15) is 24.2 Å². The maximum absolute atomic E-state index is 13.1. The summed E-state index contributed by atoms with van der Waals surface area (Å²) >= 11 is 3.13. The van der Waals surface area contributed by atoms with E-state index in [-0.39, 0.29) is 5.82 Å². The molecule has 0 aliphatic rings. The third-order valence-electron chi connectivity index (χ3n) is 2.78. The molecule has 2 aromatic rings. The molecule has 96 valence electrons. The van der Waals surface area contributed by atoms with Crippen molar-refractivity contribution in [3.63, 3.8) is 0 Å². The average molecular weight is 313 g/mol. The second-order valence-electron chi connectivity index (χ2n) is 4.10. The molecular formula is C13H14BrFN2O. The van der Waals surface area contributed by atoms with Crippen LogP contribution in [-0.4, -0.2) is 14.9 Å². The van der Waals surface area contributed by atoms with E-state index in [0.717, 1.165) is 17.7 Å². The van der Waals surface area contributed by atoms with Gasteiger partial charge in [-0.1, -0.05) is 6.07 Å². The largest absolute Gasteiger partial charge is 0.388 e. The van der Waals surface area contributed by atoms with Gasteiger partial charge in [-0.15, -0.1) is 0 Å². The van der Waals surface area contributed by atoms with Gasteiger partial charge >= 0.3 is 0 Å². The van der Waals surface area contributed by atoms with Crippen molar-refractivity contribution in [2.45, 2.75) is 26.0 Å². The molecule has 0 saturated heterocycles. The summed E-state index contributed by atoms with van der Waals surface area (Å²) in [6.45, 7) is 2.76. The molecule has 18 heavy (non-hydrogen) atoms. The monoisotopic (exact) mass is 312 g/mol. The standard InChI is InChI=1S/C13H14BrFN2O/c1-2-17-8-10(7-16-17)13(18)6-9-3-4-12(15)11(14)5-9/h3-5,7-8,13,18H,2,6H2,1H3. The van der Waals surface area contributed by atoms with Crippen molar-refractivity contribution in [1.82, 2.24) is 9.78 Å². The molecule has 0 radical (unpaired) electrons. The van der Waals surface area contributed by atoms with Gasteiger partial charge in [0.2, 0.25) is 0 Å². The minimum atomic E-state index is -0.623. The molecule has 1 aromatic carbocycles. The fourth-order valence-corrected chi connectivity index (χ4v) is 2.16. The van der Waals surface area contributed by atoms with Gasteiger partial charge in [0, 0.05) is 24.7 Å². The highest BCUT2D eigenvalue weighted by Crippen LogP contribution is 2.22. The summed E-state index contributed by atoms with van der Waals surface area (Å²) in [5, 5.41) is 14.2. The van der Waals surface area contributed by atoms with Gasteiger partial charge in [0.25, 0.3) is 0 Å². The van der Waals surface area contributed by atoms with E-state index in [2.05, 4.69) is 21.0 Å². The molecule has 0 aliphatic heterocycles. The van der Waals surface area contributed by atoms with Gasteiger partial charge in [-0.05, 0) is 40.5 Å². The summed E-state index contributed by atoms with van der Waals surface area (Å²) in [7, 11) is 0. The maximum atomic E-state index is 13.1. The number of hydrogen-bond acceptors (Lipinski definition) is 2. The Hall–Kier alpha value is -1.20. The summed E-state index contributed by atoms with van der Waals surface area (Å²) in [5.74, 6) is -0.299. The summed E-state index contributed by atoms with van der Waals surface area (Å²) in [5.41, 5.74) is 1.65. The highest BCUT2D eigenvalue weighted by atomic mass is 79.9. The van der Waals surface area contributed by atoms with E-state index in [1.54, 1.807) is 23.0 Å².